The molecule has 6 atom stereocenters. The molecule has 32 heavy (non-hydrogen) atoms. The molecule has 0 radical (unpaired) electrons. The van der Waals surface area contributed by atoms with Crippen molar-refractivity contribution >= 4 is 0 Å². The normalized spacial score (nSPS) is 37.4. The Bertz CT molecular complexity index is 756. The topological polar surface area (TPSA) is 69.9 Å². The van der Waals surface area contributed by atoms with Crippen LogP contribution in [0, 0.1) is 23.2 Å². The molecule has 2 unspecified atom stereocenters. The van der Waals surface area contributed by atoms with Crippen LogP contribution in [0.15, 0.2) is 47.6 Å². The van der Waals surface area contributed by atoms with Gasteiger partial charge >= 0.3 is 0 Å². The van der Waals surface area contributed by atoms with Gasteiger partial charge in [0.1, 0.15) is 0 Å². The summed E-state index contributed by atoms with van der Waals surface area (Å²) in [5, 5.41) is 29.9. The molecule has 4 heteroatoms. The van der Waals surface area contributed by atoms with Gasteiger partial charge in [0.05, 0.1) is 31.0 Å². The summed E-state index contributed by atoms with van der Waals surface area (Å²) in [6.07, 6.45) is 14.8. The predicted octanol–water partition coefficient (Wildman–Crippen LogP) is 5.11. The molecular formula is C28H44O4. The van der Waals surface area contributed by atoms with Gasteiger partial charge in [0.15, 0.2) is 0 Å². The summed E-state index contributed by atoms with van der Waals surface area (Å²) in [6, 6.07) is 0. The first kappa shape index (κ1) is 25.4. The van der Waals surface area contributed by atoms with E-state index in [-0.39, 0.29) is 0 Å². The number of hydrogen-bond donors (Lipinski definition) is 3. The van der Waals surface area contributed by atoms with Crippen molar-refractivity contribution in [1.29, 1.82) is 0 Å². The second-order valence-corrected chi connectivity index (χ2v) is 11.3. The number of aliphatic hydroxyl groups excluding tert-OH is 2. The lowest BCUT2D eigenvalue weighted by Crippen LogP contribution is -2.35. The Labute approximate surface area is 194 Å². The van der Waals surface area contributed by atoms with Gasteiger partial charge in [0, 0.05) is 6.42 Å². The second-order valence-electron chi connectivity index (χ2n) is 11.3. The highest BCUT2D eigenvalue weighted by atomic mass is 16.5. The maximum atomic E-state index is 10.1. The molecular weight excluding hydrogens is 400 g/mol. The van der Waals surface area contributed by atoms with Crippen LogP contribution in [0.5, 0.6) is 0 Å². The van der Waals surface area contributed by atoms with Crippen LogP contribution in [0.25, 0.3) is 0 Å². The third-order valence-corrected chi connectivity index (χ3v) is 8.05. The molecule has 3 N–H and O–H groups in total. The van der Waals surface area contributed by atoms with Gasteiger partial charge in [-0.1, -0.05) is 50.3 Å². The van der Waals surface area contributed by atoms with Crippen LogP contribution in [-0.4, -0.2) is 46.3 Å². The van der Waals surface area contributed by atoms with Crippen LogP contribution in [0.1, 0.15) is 72.6 Å². The van der Waals surface area contributed by atoms with Crippen molar-refractivity contribution in [2.75, 3.05) is 13.2 Å². The zero-order valence-electron chi connectivity index (χ0n) is 20.5. The number of ether oxygens (including phenoxy) is 1. The lowest BCUT2D eigenvalue weighted by molar-refractivity contribution is -0.0125. The Hall–Kier alpha value is -1.20. The molecule has 0 amide bonds. The first-order valence-corrected chi connectivity index (χ1v) is 12.4. The molecule has 3 rings (SSSR count). The van der Waals surface area contributed by atoms with E-state index in [1.54, 1.807) is 13.8 Å². The highest BCUT2D eigenvalue weighted by molar-refractivity contribution is 5.38. The maximum absolute atomic E-state index is 10.1. The molecule has 0 aliphatic heterocycles. The fourth-order valence-electron chi connectivity index (χ4n) is 6.39. The summed E-state index contributed by atoms with van der Waals surface area (Å²) >= 11 is 0. The standard InChI is InChI=1S/C28H44O4/c1-19(8-7-15-32-18-27(3,4)31)24-12-13-25-21(9-6-14-28(24,25)5)10-11-22-16-23(29)17-26(30)20(22)2/h7-8,10-11,19,23-26,29-31H,2,6,9,12-18H2,1,3-5H3/b8-7+,21-10-,22-11+/t19?,23-,24-,25?,26+,28-/m1/s1. The van der Waals surface area contributed by atoms with Gasteiger partial charge in [0.25, 0.3) is 0 Å². The van der Waals surface area contributed by atoms with Gasteiger partial charge in [0.2, 0.25) is 0 Å². The van der Waals surface area contributed by atoms with E-state index in [4.69, 9.17) is 4.74 Å². The molecule has 3 aliphatic carbocycles. The van der Waals surface area contributed by atoms with E-state index in [0.717, 1.165) is 17.6 Å². The zero-order chi connectivity index (χ0) is 23.5. The van der Waals surface area contributed by atoms with Crippen LogP contribution >= 0.6 is 0 Å². The molecule has 0 heterocycles. The summed E-state index contributed by atoms with van der Waals surface area (Å²) in [5.74, 6) is 1.76. The number of aliphatic hydroxyl groups is 3. The van der Waals surface area contributed by atoms with Crippen LogP contribution < -0.4 is 0 Å². The Kier molecular flexibility index (Phi) is 8.25. The van der Waals surface area contributed by atoms with Crippen molar-refractivity contribution < 1.29 is 20.1 Å². The largest absolute Gasteiger partial charge is 0.393 e. The van der Waals surface area contributed by atoms with E-state index in [9.17, 15) is 15.3 Å². The summed E-state index contributed by atoms with van der Waals surface area (Å²) in [4.78, 5) is 0. The molecule has 0 aromatic carbocycles. The third-order valence-electron chi connectivity index (χ3n) is 8.05. The van der Waals surface area contributed by atoms with Gasteiger partial charge in [-0.25, -0.2) is 0 Å². The molecule has 0 spiro atoms. The van der Waals surface area contributed by atoms with Gasteiger partial charge in [-0.15, -0.1) is 0 Å². The van der Waals surface area contributed by atoms with Crippen molar-refractivity contribution in [2.24, 2.45) is 23.2 Å². The van der Waals surface area contributed by atoms with E-state index in [0.29, 0.717) is 49.2 Å². The Balaban J connectivity index is 1.66. The fraction of sp³-hybridized carbons (Fsp3) is 0.714. The molecule has 3 aliphatic rings. The minimum absolute atomic E-state index is 0.308. The Morgan fingerprint density at radius 2 is 2.00 bits per heavy atom. The lowest BCUT2D eigenvalue weighted by atomic mass is 9.61. The molecule has 0 saturated heterocycles. The monoisotopic (exact) mass is 444 g/mol. The highest BCUT2D eigenvalue weighted by Gasteiger charge is 2.50. The summed E-state index contributed by atoms with van der Waals surface area (Å²) in [5.41, 5.74) is 2.81. The van der Waals surface area contributed by atoms with Gasteiger partial charge in [-0.2, -0.15) is 0 Å². The average Bonchev–Trinajstić information content (AvgIpc) is 3.06. The molecule has 3 fully saturated rings. The van der Waals surface area contributed by atoms with Crippen molar-refractivity contribution in [2.45, 2.75) is 90.4 Å². The zero-order valence-corrected chi connectivity index (χ0v) is 20.5. The number of allylic oxidation sites excluding steroid dienone is 4. The predicted molar refractivity (Wildman–Crippen MR) is 130 cm³/mol. The van der Waals surface area contributed by atoms with E-state index in [1.165, 1.54) is 31.3 Å². The summed E-state index contributed by atoms with van der Waals surface area (Å²) in [7, 11) is 0. The van der Waals surface area contributed by atoms with Gasteiger partial charge in [-0.3, -0.25) is 0 Å². The average molecular weight is 445 g/mol. The van der Waals surface area contributed by atoms with Crippen LogP contribution in [0.2, 0.25) is 0 Å². The third kappa shape index (κ3) is 6.02. The second kappa shape index (κ2) is 10.4. The quantitative estimate of drug-likeness (QED) is 0.377. The van der Waals surface area contributed by atoms with Crippen molar-refractivity contribution in [1.82, 2.24) is 0 Å². The molecule has 0 aromatic rings. The van der Waals surface area contributed by atoms with E-state index >= 15 is 0 Å². The number of hydrogen-bond acceptors (Lipinski definition) is 4. The molecule has 3 saturated carbocycles. The van der Waals surface area contributed by atoms with Crippen molar-refractivity contribution in [3.63, 3.8) is 0 Å². The first-order chi connectivity index (χ1) is 15.0. The van der Waals surface area contributed by atoms with Gasteiger partial charge in [-0.05, 0) is 86.7 Å². The lowest BCUT2D eigenvalue weighted by Gasteiger charge is -2.44. The minimum Gasteiger partial charge on any atom is -0.393 e. The Morgan fingerprint density at radius 1 is 1.25 bits per heavy atom. The van der Waals surface area contributed by atoms with Crippen LogP contribution in [0.4, 0.5) is 0 Å². The molecule has 4 nitrogen and oxygen atoms in total. The summed E-state index contributed by atoms with van der Waals surface area (Å²) < 4.78 is 5.58. The Morgan fingerprint density at radius 3 is 2.72 bits per heavy atom. The van der Waals surface area contributed by atoms with Crippen molar-refractivity contribution in [3.05, 3.63) is 47.6 Å². The van der Waals surface area contributed by atoms with Crippen molar-refractivity contribution in [3.8, 4) is 0 Å². The highest BCUT2D eigenvalue weighted by Crippen LogP contribution is 2.59. The fourth-order valence-corrected chi connectivity index (χ4v) is 6.39. The van der Waals surface area contributed by atoms with E-state index in [2.05, 4.69) is 44.7 Å². The van der Waals surface area contributed by atoms with Crippen LogP contribution in [-0.2, 0) is 4.74 Å². The maximum Gasteiger partial charge on any atom is 0.0824 e. The molecule has 0 bridgehead atoms. The van der Waals surface area contributed by atoms with E-state index < -0.39 is 17.8 Å². The SMILES string of the molecule is C=C1/C(=C/C=C2/CCC[C@@]3(C)C2CC[C@@H]3C(C)/C=C/COCC(C)(C)O)C[C@@H](O)C[C@@H]1O. The minimum atomic E-state index is -0.786. The summed E-state index contributed by atoms with van der Waals surface area (Å²) in [6.45, 7) is 13.3. The van der Waals surface area contributed by atoms with Crippen LogP contribution in [0.3, 0.4) is 0 Å². The van der Waals surface area contributed by atoms with Gasteiger partial charge < -0.3 is 20.1 Å². The molecule has 0 aromatic heterocycles. The van der Waals surface area contributed by atoms with E-state index in [1.807, 2.05) is 0 Å². The first-order valence-electron chi connectivity index (χ1n) is 12.4. The number of rotatable bonds is 7. The molecule has 180 valence electrons. The number of fused-ring (bicyclic) bond motifs is 1. The smallest absolute Gasteiger partial charge is 0.0824 e.